The summed E-state index contributed by atoms with van der Waals surface area (Å²) in [6, 6.07) is 1.94. The topological polar surface area (TPSA) is 74.1 Å². The van der Waals surface area contributed by atoms with Gasteiger partial charge in [0, 0.05) is 0 Å². The van der Waals surface area contributed by atoms with Gasteiger partial charge in [0.2, 0.25) is 0 Å². The zero-order chi connectivity index (χ0) is 8.81. The molecule has 0 aliphatic rings. The van der Waals surface area contributed by atoms with Crippen molar-refractivity contribution in [2.24, 2.45) is 4.99 Å². The van der Waals surface area contributed by atoms with Crippen LogP contribution in [0.25, 0.3) is 0 Å². The number of H-pyrrole nitrogens is 1. The molecule has 1 N–H and O–H groups in total. The molecule has 0 unspecified atom stereocenters. The SMILES string of the molecule is CCO/C=N/c1[nH]ncc1C#N. The van der Waals surface area contributed by atoms with Crippen LogP contribution in [-0.4, -0.2) is 23.2 Å². The molecular weight excluding hydrogens is 156 g/mol. The molecule has 1 heterocycles. The molecule has 1 rings (SSSR count). The van der Waals surface area contributed by atoms with Crippen molar-refractivity contribution in [2.75, 3.05) is 6.61 Å². The summed E-state index contributed by atoms with van der Waals surface area (Å²) in [6.07, 6.45) is 2.70. The second kappa shape index (κ2) is 4.13. The zero-order valence-corrected chi connectivity index (χ0v) is 6.61. The van der Waals surface area contributed by atoms with Crippen LogP contribution < -0.4 is 0 Å². The summed E-state index contributed by atoms with van der Waals surface area (Å²) in [5, 5.41) is 14.8. The van der Waals surface area contributed by atoms with Gasteiger partial charge in [0.15, 0.2) is 12.2 Å². The molecule has 0 saturated heterocycles. The Morgan fingerprint density at radius 1 is 1.92 bits per heavy atom. The molecule has 0 radical (unpaired) electrons. The molecule has 0 aromatic carbocycles. The van der Waals surface area contributed by atoms with Crippen molar-refractivity contribution in [3.63, 3.8) is 0 Å². The van der Waals surface area contributed by atoms with E-state index in [-0.39, 0.29) is 0 Å². The van der Waals surface area contributed by atoms with Crippen LogP contribution in [0.15, 0.2) is 11.2 Å². The van der Waals surface area contributed by atoms with Crippen LogP contribution in [0.5, 0.6) is 0 Å². The van der Waals surface area contributed by atoms with Gasteiger partial charge >= 0.3 is 0 Å². The fourth-order valence-electron chi connectivity index (χ4n) is 0.624. The van der Waals surface area contributed by atoms with Gasteiger partial charge in [-0.15, -0.1) is 0 Å². The second-order valence-corrected chi connectivity index (χ2v) is 1.93. The van der Waals surface area contributed by atoms with E-state index in [9.17, 15) is 0 Å². The fourth-order valence-corrected chi connectivity index (χ4v) is 0.624. The van der Waals surface area contributed by atoms with E-state index in [4.69, 9.17) is 10.00 Å². The normalized spacial score (nSPS) is 10.0. The minimum absolute atomic E-state index is 0.408. The van der Waals surface area contributed by atoms with E-state index in [1.165, 1.54) is 12.6 Å². The number of ether oxygens (including phenoxy) is 1. The lowest BCUT2D eigenvalue weighted by atomic mass is 10.4. The minimum Gasteiger partial charge on any atom is -0.483 e. The van der Waals surface area contributed by atoms with Crippen LogP contribution in [0, 0.1) is 11.3 Å². The predicted octanol–water partition coefficient (Wildman–Crippen LogP) is 0.978. The molecule has 1 aromatic heterocycles. The molecule has 0 atom stereocenters. The van der Waals surface area contributed by atoms with Gasteiger partial charge in [-0.3, -0.25) is 5.10 Å². The van der Waals surface area contributed by atoms with Crippen LogP contribution in [0.4, 0.5) is 5.82 Å². The van der Waals surface area contributed by atoms with Crippen molar-refractivity contribution in [3.8, 4) is 6.07 Å². The summed E-state index contributed by atoms with van der Waals surface area (Å²) in [7, 11) is 0. The van der Waals surface area contributed by atoms with E-state index in [1.807, 2.05) is 13.0 Å². The second-order valence-electron chi connectivity index (χ2n) is 1.93. The van der Waals surface area contributed by atoms with Crippen molar-refractivity contribution in [2.45, 2.75) is 6.92 Å². The number of nitrogens with one attached hydrogen (secondary N) is 1. The van der Waals surface area contributed by atoms with Gasteiger partial charge in [-0.1, -0.05) is 0 Å². The maximum absolute atomic E-state index is 8.54. The largest absolute Gasteiger partial charge is 0.483 e. The number of rotatable bonds is 3. The van der Waals surface area contributed by atoms with Crippen molar-refractivity contribution in [1.29, 1.82) is 5.26 Å². The van der Waals surface area contributed by atoms with Gasteiger partial charge in [0.05, 0.1) is 12.8 Å². The monoisotopic (exact) mass is 164 g/mol. The molecule has 0 fully saturated rings. The molecule has 0 aliphatic carbocycles. The molecular formula is C7H8N4O. The molecule has 62 valence electrons. The predicted molar refractivity (Wildman–Crippen MR) is 43.1 cm³/mol. The van der Waals surface area contributed by atoms with Crippen LogP contribution >= 0.6 is 0 Å². The molecule has 12 heavy (non-hydrogen) atoms. The maximum atomic E-state index is 8.54. The third-order valence-electron chi connectivity index (χ3n) is 1.16. The Kier molecular flexibility index (Phi) is 2.85. The average molecular weight is 164 g/mol. The Bertz CT molecular complexity index is 309. The maximum Gasteiger partial charge on any atom is 0.176 e. The van der Waals surface area contributed by atoms with Gasteiger partial charge < -0.3 is 4.74 Å². The summed E-state index contributed by atoms with van der Waals surface area (Å²) in [5.41, 5.74) is 0.408. The Morgan fingerprint density at radius 2 is 2.75 bits per heavy atom. The van der Waals surface area contributed by atoms with E-state index in [0.717, 1.165) is 0 Å². The highest BCUT2D eigenvalue weighted by Crippen LogP contribution is 2.11. The third-order valence-corrected chi connectivity index (χ3v) is 1.16. The zero-order valence-electron chi connectivity index (χ0n) is 6.61. The van der Waals surface area contributed by atoms with Crippen LogP contribution in [-0.2, 0) is 4.74 Å². The molecule has 5 nitrogen and oxygen atoms in total. The number of nitrogens with zero attached hydrogens (tertiary/aromatic N) is 3. The van der Waals surface area contributed by atoms with Gasteiger partial charge in [-0.25, -0.2) is 4.99 Å². The van der Waals surface area contributed by atoms with Gasteiger partial charge in [0.1, 0.15) is 11.6 Å². The fraction of sp³-hybridized carbons (Fsp3) is 0.286. The Labute approximate surface area is 69.7 Å². The summed E-state index contributed by atoms with van der Waals surface area (Å²) in [5.74, 6) is 0.422. The number of hydrogen-bond donors (Lipinski definition) is 1. The first-order chi connectivity index (χ1) is 5.88. The lowest BCUT2D eigenvalue weighted by Gasteiger charge is -1.90. The van der Waals surface area contributed by atoms with Crippen LogP contribution in [0.2, 0.25) is 0 Å². The molecule has 0 spiro atoms. The first-order valence-corrected chi connectivity index (χ1v) is 3.46. The van der Waals surface area contributed by atoms with Crippen molar-refractivity contribution in [1.82, 2.24) is 10.2 Å². The summed E-state index contributed by atoms with van der Waals surface area (Å²) in [6.45, 7) is 2.41. The number of nitriles is 1. The van der Waals surface area contributed by atoms with E-state index >= 15 is 0 Å². The summed E-state index contributed by atoms with van der Waals surface area (Å²) >= 11 is 0. The van der Waals surface area contributed by atoms with Gasteiger partial charge in [0.25, 0.3) is 0 Å². The lowest BCUT2D eigenvalue weighted by molar-refractivity contribution is 0.344. The van der Waals surface area contributed by atoms with Gasteiger partial charge in [-0.2, -0.15) is 10.4 Å². The van der Waals surface area contributed by atoms with E-state index in [1.54, 1.807) is 0 Å². The molecule has 1 aromatic rings. The smallest absolute Gasteiger partial charge is 0.176 e. The molecule has 5 heteroatoms. The third kappa shape index (κ3) is 1.83. The highest BCUT2D eigenvalue weighted by Gasteiger charge is 1.99. The average Bonchev–Trinajstić information content (AvgIpc) is 2.52. The Balaban J connectivity index is 2.69. The van der Waals surface area contributed by atoms with Crippen molar-refractivity contribution in [3.05, 3.63) is 11.8 Å². The molecule has 0 amide bonds. The summed E-state index contributed by atoms with van der Waals surface area (Å²) < 4.78 is 4.86. The van der Waals surface area contributed by atoms with E-state index < -0.39 is 0 Å². The molecule has 0 bridgehead atoms. The molecule has 0 saturated carbocycles. The van der Waals surface area contributed by atoms with Crippen LogP contribution in [0.1, 0.15) is 12.5 Å². The summed E-state index contributed by atoms with van der Waals surface area (Å²) in [4.78, 5) is 3.84. The van der Waals surface area contributed by atoms with Crippen molar-refractivity contribution < 1.29 is 4.74 Å². The lowest BCUT2D eigenvalue weighted by Crippen LogP contribution is -1.84. The molecule has 0 aliphatic heterocycles. The highest BCUT2D eigenvalue weighted by molar-refractivity contribution is 5.57. The van der Waals surface area contributed by atoms with E-state index in [0.29, 0.717) is 18.0 Å². The Morgan fingerprint density at radius 3 is 3.42 bits per heavy atom. The van der Waals surface area contributed by atoms with Gasteiger partial charge in [-0.05, 0) is 6.92 Å². The highest BCUT2D eigenvalue weighted by atomic mass is 16.5. The first kappa shape index (κ1) is 8.27. The minimum atomic E-state index is 0.408. The Hall–Kier alpha value is -1.83. The number of aromatic amines is 1. The van der Waals surface area contributed by atoms with E-state index in [2.05, 4.69) is 15.2 Å². The number of hydrogen-bond acceptors (Lipinski definition) is 4. The standard InChI is InChI=1S/C7H8N4O/c1-2-12-5-9-7-6(3-8)4-10-11-7/h4-5H,2H2,1H3,(H,10,11)/b9-5+. The van der Waals surface area contributed by atoms with Crippen LogP contribution in [0.3, 0.4) is 0 Å². The first-order valence-electron chi connectivity index (χ1n) is 3.46. The van der Waals surface area contributed by atoms with Crippen molar-refractivity contribution >= 4 is 12.2 Å². The number of aromatic nitrogens is 2. The quantitative estimate of drug-likeness (QED) is 0.534. The number of aliphatic imine (C=N–C) groups is 1.